The van der Waals surface area contributed by atoms with Gasteiger partial charge in [0.25, 0.3) is 0 Å². The summed E-state index contributed by atoms with van der Waals surface area (Å²) in [4.78, 5) is 2.31. The first kappa shape index (κ1) is 19.8. The fourth-order valence-corrected chi connectivity index (χ4v) is 2.47. The first-order chi connectivity index (χ1) is 10.9. The first-order valence-corrected chi connectivity index (χ1v) is 8.49. The number of aliphatic hydroxyl groups excluding tert-OH is 1. The fraction of sp³-hybridized carbons (Fsp3) is 0.684. The maximum atomic E-state index is 10.3. The van der Waals surface area contributed by atoms with Crippen molar-refractivity contribution in [2.24, 2.45) is 11.8 Å². The molecule has 0 radical (unpaired) electrons. The van der Waals surface area contributed by atoms with Crippen LogP contribution in [0.25, 0.3) is 0 Å². The highest BCUT2D eigenvalue weighted by Crippen LogP contribution is 2.31. The predicted molar refractivity (Wildman–Crippen MR) is 95.1 cm³/mol. The average Bonchev–Trinajstić information content (AvgIpc) is 2.51. The zero-order valence-electron chi connectivity index (χ0n) is 15.5. The number of hydrogen-bond donors (Lipinski definition) is 1. The number of para-hydroxylation sites is 1. The summed E-state index contributed by atoms with van der Waals surface area (Å²) in [5.74, 6) is 2.42. The molecular formula is C19H33NO3. The molecule has 23 heavy (non-hydrogen) atoms. The van der Waals surface area contributed by atoms with E-state index in [1.807, 2.05) is 12.1 Å². The molecule has 1 atom stereocenters. The fourth-order valence-electron chi connectivity index (χ4n) is 2.47. The van der Waals surface area contributed by atoms with E-state index < -0.39 is 0 Å². The average molecular weight is 323 g/mol. The van der Waals surface area contributed by atoms with Crippen LogP contribution in [0.1, 0.15) is 39.7 Å². The number of ether oxygens (including phenoxy) is 2. The molecule has 0 unspecified atom stereocenters. The zero-order chi connectivity index (χ0) is 17.4. The minimum atomic E-state index is -0.321. The molecule has 132 valence electrons. The van der Waals surface area contributed by atoms with Crippen LogP contribution >= 0.6 is 0 Å². The summed E-state index contributed by atoms with van der Waals surface area (Å²) in [6.45, 7) is 10.9. The van der Waals surface area contributed by atoms with Gasteiger partial charge < -0.3 is 14.6 Å². The summed E-state index contributed by atoms with van der Waals surface area (Å²) in [6.07, 6.45) is 0.788. The number of hydrogen-bond acceptors (Lipinski definition) is 4. The Morgan fingerprint density at radius 1 is 1.09 bits per heavy atom. The van der Waals surface area contributed by atoms with E-state index in [4.69, 9.17) is 9.47 Å². The van der Waals surface area contributed by atoms with E-state index in [2.05, 4.69) is 38.7 Å². The number of rotatable bonds is 10. The molecule has 1 rings (SSSR count). The maximum absolute atomic E-state index is 10.3. The van der Waals surface area contributed by atoms with Gasteiger partial charge in [0.05, 0.1) is 20.3 Å². The van der Waals surface area contributed by atoms with Gasteiger partial charge in [0.2, 0.25) is 0 Å². The third kappa shape index (κ3) is 6.40. The Morgan fingerprint density at radius 3 is 2.30 bits per heavy atom. The quantitative estimate of drug-likeness (QED) is 0.715. The molecule has 0 saturated heterocycles. The lowest BCUT2D eigenvalue weighted by Gasteiger charge is -2.28. The lowest BCUT2D eigenvalue weighted by Crippen LogP contribution is -2.36. The van der Waals surface area contributed by atoms with E-state index in [1.54, 1.807) is 14.2 Å². The lowest BCUT2D eigenvalue weighted by atomic mass is 10.0. The summed E-state index contributed by atoms with van der Waals surface area (Å²) in [5, 5.41) is 10.3. The lowest BCUT2D eigenvalue weighted by molar-refractivity contribution is 0.0708. The van der Waals surface area contributed by atoms with Crippen molar-refractivity contribution < 1.29 is 14.6 Å². The Kier molecular flexibility index (Phi) is 8.42. The van der Waals surface area contributed by atoms with Crippen molar-refractivity contribution in [3.8, 4) is 11.5 Å². The van der Waals surface area contributed by atoms with Gasteiger partial charge >= 0.3 is 0 Å². The molecule has 0 aliphatic heterocycles. The predicted octanol–water partition coefficient (Wildman–Crippen LogP) is 3.57. The highest BCUT2D eigenvalue weighted by atomic mass is 16.5. The molecule has 0 bridgehead atoms. The molecular weight excluding hydrogens is 290 g/mol. The first-order valence-electron chi connectivity index (χ1n) is 8.49. The monoisotopic (exact) mass is 323 g/mol. The third-order valence-electron chi connectivity index (χ3n) is 4.12. The van der Waals surface area contributed by atoms with Gasteiger partial charge in [-0.15, -0.1) is 0 Å². The minimum Gasteiger partial charge on any atom is -0.493 e. The smallest absolute Gasteiger partial charge is 0.165 e. The summed E-state index contributed by atoms with van der Waals surface area (Å²) in [5.41, 5.74) is 1.09. The second-order valence-electron chi connectivity index (χ2n) is 6.88. The summed E-state index contributed by atoms with van der Waals surface area (Å²) in [7, 11) is 3.32. The van der Waals surface area contributed by atoms with Gasteiger partial charge in [-0.05, 0) is 30.9 Å². The van der Waals surface area contributed by atoms with Crippen LogP contribution in [0.3, 0.4) is 0 Å². The molecule has 4 nitrogen and oxygen atoms in total. The van der Waals surface area contributed by atoms with Gasteiger partial charge in [0.1, 0.15) is 0 Å². The van der Waals surface area contributed by atoms with Gasteiger partial charge in [-0.25, -0.2) is 0 Å². The summed E-state index contributed by atoms with van der Waals surface area (Å²) >= 11 is 0. The summed E-state index contributed by atoms with van der Waals surface area (Å²) in [6, 6.07) is 5.95. The maximum Gasteiger partial charge on any atom is 0.165 e. The molecule has 0 heterocycles. The molecule has 4 heteroatoms. The Hall–Kier alpha value is -1.26. The van der Waals surface area contributed by atoms with Crippen molar-refractivity contribution >= 4 is 0 Å². The van der Waals surface area contributed by atoms with Gasteiger partial charge in [-0.2, -0.15) is 0 Å². The van der Waals surface area contributed by atoms with Gasteiger partial charge in [0, 0.05) is 18.7 Å². The SMILES string of the molecule is COc1cccc(CN(CCC(C)C)C[C@@H](O)C(C)C)c1OC. The molecule has 1 N–H and O–H groups in total. The van der Waals surface area contributed by atoms with Crippen molar-refractivity contribution in [1.29, 1.82) is 0 Å². The van der Waals surface area contributed by atoms with Crippen molar-refractivity contribution in [3.63, 3.8) is 0 Å². The van der Waals surface area contributed by atoms with Crippen LogP contribution < -0.4 is 9.47 Å². The van der Waals surface area contributed by atoms with Crippen LogP contribution in [0, 0.1) is 11.8 Å². The molecule has 0 fully saturated rings. The summed E-state index contributed by atoms with van der Waals surface area (Å²) < 4.78 is 10.9. The topological polar surface area (TPSA) is 41.9 Å². The van der Waals surface area contributed by atoms with Crippen LogP contribution in [-0.4, -0.2) is 43.4 Å². The Morgan fingerprint density at radius 2 is 1.78 bits per heavy atom. The van der Waals surface area contributed by atoms with Crippen molar-refractivity contribution in [1.82, 2.24) is 4.90 Å². The van der Waals surface area contributed by atoms with Gasteiger partial charge in [-0.1, -0.05) is 39.8 Å². The Bertz CT molecular complexity index is 460. The highest BCUT2D eigenvalue weighted by Gasteiger charge is 2.18. The van der Waals surface area contributed by atoms with E-state index in [0.29, 0.717) is 12.5 Å². The number of methoxy groups -OCH3 is 2. The largest absolute Gasteiger partial charge is 0.493 e. The molecule has 1 aromatic carbocycles. The molecule has 0 aliphatic rings. The molecule has 0 spiro atoms. The molecule has 1 aromatic rings. The van der Waals surface area contributed by atoms with E-state index >= 15 is 0 Å². The van der Waals surface area contributed by atoms with E-state index in [9.17, 15) is 5.11 Å². The van der Waals surface area contributed by atoms with E-state index in [0.717, 1.165) is 36.6 Å². The normalized spacial score (nSPS) is 13.0. The molecule has 0 aromatic heterocycles. The van der Waals surface area contributed by atoms with Gasteiger partial charge in [-0.3, -0.25) is 4.90 Å². The second kappa shape index (κ2) is 9.78. The minimum absolute atomic E-state index is 0.253. The van der Waals surface area contributed by atoms with Crippen molar-refractivity contribution in [3.05, 3.63) is 23.8 Å². The molecule has 0 aliphatic carbocycles. The standard InChI is InChI=1S/C19H33NO3/c1-14(2)10-11-20(13-17(21)15(3)4)12-16-8-7-9-18(22-5)19(16)23-6/h7-9,14-15,17,21H,10-13H2,1-6H3/t17-/m1/s1. The number of nitrogens with zero attached hydrogens (tertiary/aromatic N) is 1. The highest BCUT2D eigenvalue weighted by molar-refractivity contribution is 5.46. The Labute approximate surface area is 141 Å². The van der Waals surface area contributed by atoms with Gasteiger partial charge in [0.15, 0.2) is 11.5 Å². The van der Waals surface area contributed by atoms with Crippen LogP contribution in [0.2, 0.25) is 0 Å². The van der Waals surface area contributed by atoms with Crippen LogP contribution in [-0.2, 0) is 6.54 Å². The second-order valence-corrected chi connectivity index (χ2v) is 6.88. The molecule has 0 amide bonds. The van der Waals surface area contributed by atoms with Crippen LogP contribution in [0.4, 0.5) is 0 Å². The number of benzene rings is 1. The Balaban J connectivity index is 2.90. The zero-order valence-corrected chi connectivity index (χ0v) is 15.5. The third-order valence-corrected chi connectivity index (χ3v) is 4.12. The van der Waals surface area contributed by atoms with E-state index in [1.165, 1.54) is 0 Å². The van der Waals surface area contributed by atoms with Crippen molar-refractivity contribution in [2.45, 2.75) is 46.8 Å². The van der Waals surface area contributed by atoms with Crippen molar-refractivity contribution in [2.75, 3.05) is 27.3 Å². The number of aliphatic hydroxyl groups is 1. The van der Waals surface area contributed by atoms with Crippen LogP contribution in [0.15, 0.2) is 18.2 Å². The molecule has 0 saturated carbocycles. The van der Waals surface area contributed by atoms with E-state index in [-0.39, 0.29) is 12.0 Å². The van der Waals surface area contributed by atoms with Crippen LogP contribution in [0.5, 0.6) is 11.5 Å².